The van der Waals surface area contributed by atoms with E-state index in [9.17, 15) is 18.0 Å². The molecule has 0 radical (unpaired) electrons. The standard InChI is InChI=1S/C15H10F3NO/c1-8-13(20)11-7-6-9-4-2-3-5-10(9)12(11)19-14(8)15(16,17)18/h2-7H,1H3,(H,19,20). The predicted octanol–water partition coefficient (Wildman–Crippen LogP) is 4.01. The Morgan fingerprint density at radius 2 is 1.70 bits per heavy atom. The number of hydrogen-bond donors (Lipinski definition) is 1. The van der Waals surface area contributed by atoms with Crippen LogP contribution in [0.1, 0.15) is 11.3 Å². The van der Waals surface area contributed by atoms with Crippen molar-refractivity contribution in [3.63, 3.8) is 0 Å². The van der Waals surface area contributed by atoms with Crippen molar-refractivity contribution in [2.24, 2.45) is 0 Å². The summed E-state index contributed by atoms with van der Waals surface area (Å²) in [6.45, 7) is 1.19. The zero-order valence-electron chi connectivity index (χ0n) is 10.5. The molecule has 20 heavy (non-hydrogen) atoms. The number of pyridine rings is 1. The lowest BCUT2D eigenvalue weighted by Gasteiger charge is -2.12. The zero-order chi connectivity index (χ0) is 14.5. The third kappa shape index (κ3) is 1.78. The molecule has 0 saturated carbocycles. The van der Waals surface area contributed by atoms with Gasteiger partial charge in [0.1, 0.15) is 5.69 Å². The smallest absolute Gasteiger partial charge is 0.350 e. The van der Waals surface area contributed by atoms with Gasteiger partial charge >= 0.3 is 6.18 Å². The van der Waals surface area contributed by atoms with Gasteiger partial charge in [0.2, 0.25) is 0 Å². The van der Waals surface area contributed by atoms with Crippen LogP contribution in [-0.4, -0.2) is 4.98 Å². The molecule has 0 aliphatic heterocycles. The van der Waals surface area contributed by atoms with Crippen LogP contribution in [0.25, 0.3) is 21.7 Å². The average molecular weight is 277 g/mol. The maximum Gasteiger partial charge on any atom is 0.431 e. The molecule has 1 aromatic heterocycles. The topological polar surface area (TPSA) is 32.9 Å². The van der Waals surface area contributed by atoms with Crippen LogP contribution in [0.3, 0.4) is 0 Å². The SMILES string of the molecule is Cc1c(C(F)(F)F)[nH]c2c(ccc3ccccc32)c1=O. The Labute approximate surface area is 111 Å². The summed E-state index contributed by atoms with van der Waals surface area (Å²) in [5, 5.41) is 1.66. The van der Waals surface area contributed by atoms with Crippen LogP contribution in [0.2, 0.25) is 0 Å². The molecule has 0 aliphatic carbocycles. The second kappa shape index (κ2) is 4.10. The highest BCUT2D eigenvalue weighted by molar-refractivity contribution is 6.05. The Kier molecular flexibility index (Phi) is 2.61. The Bertz CT molecular complexity index is 878. The Morgan fingerprint density at radius 1 is 1.00 bits per heavy atom. The molecule has 0 bridgehead atoms. The van der Waals surface area contributed by atoms with Crippen LogP contribution < -0.4 is 5.43 Å². The highest BCUT2D eigenvalue weighted by Crippen LogP contribution is 2.31. The van der Waals surface area contributed by atoms with Crippen molar-refractivity contribution in [1.29, 1.82) is 0 Å². The minimum absolute atomic E-state index is 0.228. The number of aromatic nitrogens is 1. The second-order valence-electron chi connectivity index (χ2n) is 4.66. The molecule has 0 spiro atoms. The summed E-state index contributed by atoms with van der Waals surface area (Å²) in [7, 11) is 0. The summed E-state index contributed by atoms with van der Waals surface area (Å²) in [6, 6.07) is 10.3. The van der Waals surface area contributed by atoms with E-state index in [1.54, 1.807) is 36.4 Å². The quantitative estimate of drug-likeness (QED) is 0.619. The Morgan fingerprint density at radius 3 is 2.40 bits per heavy atom. The molecule has 0 amide bonds. The van der Waals surface area contributed by atoms with E-state index in [2.05, 4.69) is 4.98 Å². The summed E-state index contributed by atoms with van der Waals surface area (Å²) in [6.07, 6.45) is -4.58. The molecule has 3 aromatic rings. The lowest BCUT2D eigenvalue weighted by molar-refractivity contribution is -0.141. The van der Waals surface area contributed by atoms with Crippen molar-refractivity contribution in [3.05, 3.63) is 57.9 Å². The minimum Gasteiger partial charge on any atom is -0.350 e. The third-order valence-corrected chi connectivity index (χ3v) is 3.42. The Hall–Kier alpha value is -2.30. The van der Waals surface area contributed by atoms with Gasteiger partial charge in [-0.1, -0.05) is 30.3 Å². The van der Waals surface area contributed by atoms with E-state index in [-0.39, 0.29) is 16.5 Å². The van der Waals surface area contributed by atoms with Gasteiger partial charge in [-0.05, 0) is 18.4 Å². The number of halogens is 3. The van der Waals surface area contributed by atoms with Crippen molar-refractivity contribution in [2.45, 2.75) is 13.1 Å². The molecule has 1 N–H and O–H groups in total. The largest absolute Gasteiger partial charge is 0.431 e. The van der Waals surface area contributed by atoms with E-state index in [1.165, 1.54) is 6.92 Å². The molecule has 2 aromatic carbocycles. The Balaban J connectivity index is 2.56. The van der Waals surface area contributed by atoms with Crippen molar-refractivity contribution in [2.75, 3.05) is 0 Å². The summed E-state index contributed by atoms with van der Waals surface area (Å²) in [5.74, 6) is 0. The van der Waals surface area contributed by atoms with Gasteiger partial charge in [0.05, 0.1) is 5.52 Å². The normalized spacial score (nSPS) is 12.2. The highest BCUT2D eigenvalue weighted by Gasteiger charge is 2.35. The van der Waals surface area contributed by atoms with Gasteiger partial charge in [0.15, 0.2) is 5.43 Å². The fourth-order valence-electron chi connectivity index (χ4n) is 2.41. The molecule has 0 atom stereocenters. The van der Waals surface area contributed by atoms with Gasteiger partial charge in [0, 0.05) is 16.3 Å². The van der Waals surface area contributed by atoms with E-state index >= 15 is 0 Å². The summed E-state index contributed by atoms with van der Waals surface area (Å²) in [5.41, 5.74) is -1.64. The van der Waals surface area contributed by atoms with Gasteiger partial charge in [-0.15, -0.1) is 0 Å². The lowest BCUT2D eigenvalue weighted by atomic mass is 10.0. The van der Waals surface area contributed by atoms with Gasteiger partial charge in [-0.25, -0.2) is 0 Å². The number of alkyl halides is 3. The highest BCUT2D eigenvalue weighted by atomic mass is 19.4. The number of rotatable bonds is 0. The van der Waals surface area contributed by atoms with Crippen LogP contribution in [0.5, 0.6) is 0 Å². The first-order valence-corrected chi connectivity index (χ1v) is 6.01. The first-order chi connectivity index (χ1) is 9.39. The van der Waals surface area contributed by atoms with E-state index in [1.807, 2.05) is 0 Å². The van der Waals surface area contributed by atoms with Gasteiger partial charge in [0.25, 0.3) is 0 Å². The van der Waals surface area contributed by atoms with E-state index < -0.39 is 17.3 Å². The fraction of sp³-hybridized carbons (Fsp3) is 0.133. The van der Waals surface area contributed by atoms with Gasteiger partial charge < -0.3 is 4.98 Å². The van der Waals surface area contributed by atoms with Crippen molar-refractivity contribution < 1.29 is 13.2 Å². The molecule has 0 aliphatic rings. The van der Waals surface area contributed by atoms with Gasteiger partial charge in [-0.2, -0.15) is 13.2 Å². The molecule has 0 fully saturated rings. The molecule has 2 nitrogen and oxygen atoms in total. The number of benzene rings is 2. The van der Waals surface area contributed by atoms with Crippen LogP contribution in [0, 0.1) is 6.92 Å². The first-order valence-electron chi connectivity index (χ1n) is 6.01. The molecule has 0 saturated heterocycles. The minimum atomic E-state index is -4.58. The first kappa shape index (κ1) is 12.7. The van der Waals surface area contributed by atoms with Crippen molar-refractivity contribution in [1.82, 2.24) is 4.98 Å². The fourth-order valence-corrected chi connectivity index (χ4v) is 2.41. The van der Waals surface area contributed by atoms with Crippen LogP contribution in [0.15, 0.2) is 41.2 Å². The second-order valence-corrected chi connectivity index (χ2v) is 4.66. The number of H-pyrrole nitrogens is 1. The van der Waals surface area contributed by atoms with Crippen molar-refractivity contribution >= 4 is 21.7 Å². The van der Waals surface area contributed by atoms with E-state index in [0.29, 0.717) is 5.39 Å². The molecule has 1 heterocycles. The number of aromatic amines is 1. The lowest BCUT2D eigenvalue weighted by Crippen LogP contribution is -2.18. The zero-order valence-corrected chi connectivity index (χ0v) is 10.5. The van der Waals surface area contributed by atoms with Gasteiger partial charge in [-0.3, -0.25) is 4.79 Å². The van der Waals surface area contributed by atoms with Crippen LogP contribution >= 0.6 is 0 Å². The monoisotopic (exact) mass is 277 g/mol. The number of fused-ring (bicyclic) bond motifs is 3. The van der Waals surface area contributed by atoms with Crippen LogP contribution in [-0.2, 0) is 6.18 Å². The summed E-state index contributed by atoms with van der Waals surface area (Å²) >= 11 is 0. The molecule has 5 heteroatoms. The van der Waals surface area contributed by atoms with Crippen LogP contribution in [0.4, 0.5) is 13.2 Å². The van der Waals surface area contributed by atoms with Crippen molar-refractivity contribution in [3.8, 4) is 0 Å². The summed E-state index contributed by atoms with van der Waals surface area (Å²) in [4.78, 5) is 14.5. The maximum absolute atomic E-state index is 13.0. The molecule has 0 unspecified atom stereocenters. The maximum atomic E-state index is 13.0. The molecule has 3 rings (SSSR count). The molecular weight excluding hydrogens is 267 g/mol. The average Bonchev–Trinajstić information content (AvgIpc) is 2.41. The third-order valence-electron chi connectivity index (χ3n) is 3.42. The molecular formula is C15H10F3NO. The number of nitrogens with one attached hydrogen (secondary N) is 1. The van der Waals surface area contributed by atoms with E-state index in [0.717, 1.165) is 5.39 Å². The number of hydrogen-bond acceptors (Lipinski definition) is 1. The van der Waals surface area contributed by atoms with E-state index in [4.69, 9.17) is 0 Å². The molecule has 102 valence electrons. The predicted molar refractivity (Wildman–Crippen MR) is 71.8 cm³/mol. The summed E-state index contributed by atoms with van der Waals surface area (Å²) < 4.78 is 39.0.